The van der Waals surface area contributed by atoms with Crippen molar-refractivity contribution in [1.29, 1.82) is 0 Å². The number of rotatable bonds is 2. The molecule has 3 rings (SSSR count). The normalized spacial score (nSPS) is 14.5. The zero-order valence-corrected chi connectivity index (χ0v) is 13.5. The number of carbonyl (C=O) groups is 2. The van der Waals surface area contributed by atoms with E-state index in [1.54, 1.807) is 0 Å². The Labute approximate surface area is 146 Å². The van der Waals surface area contributed by atoms with Crippen LogP contribution in [0.5, 0.6) is 0 Å². The summed E-state index contributed by atoms with van der Waals surface area (Å²) in [5, 5.41) is 0. The Hall–Kier alpha value is -2.90. The Morgan fingerprint density at radius 3 is 1.27 bits per heavy atom. The average Bonchev–Trinajstić information content (AvgIpc) is 2.65. The van der Waals surface area contributed by atoms with Crippen LogP contribution in [0.2, 0.25) is 0 Å². The summed E-state index contributed by atoms with van der Waals surface area (Å²) in [5.41, 5.74) is 0.0357. The van der Waals surface area contributed by atoms with Gasteiger partial charge < -0.3 is 9.80 Å². The van der Waals surface area contributed by atoms with Gasteiger partial charge in [-0.3, -0.25) is 9.59 Å². The number of halogens is 4. The maximum absolute atomic E-state index is 13.3. The SMILES string of the molecule is O=C(c1ccc(F)c(F)c1)N1CCN(C(=O)c2ccc(F)c(F)c2)CC1. The van der Waals surface area contributed by atoms with Crippen molar-refractivity contribution in [1.82, 2.24) is 9.80 Å². The molecule has 2 amide bonds. The molecule has 0 aliphatic carbocycles. The van der Waals surface area contributed by atoms with Gasteiger partial charge >= 0.3 is 0 Å². The Balaban J connectivity index is 1.64. The molecule has 1 saturated heterocycles. The second kappa shape index (κ2) is 7.15. The van der Waals surface area contributed by atoms with Crippen LogP contribution in [-0.4, -0.2) is 47.8 Å². The highest BCUT2D eigenvalue weighted by Crippen LogP contribution is 2.15. The lowest BCUT2D eigenvalue weighted by molar-refractivity contribution is 0.0535. The molecule has 1 fully saturated rings. The lowest BCUT2D eigenvalue weighted by atomic mass is 10.1. The lowest BCUT2D eigenvalue weighted by Crippen LogP contribution is -2.50. The number of nitrogens with zero attached hydrogens (tertiary/aromatic N) is 2. The number of benzene rings is 2. The van der Waals surface area contributed by atoms with Gasteiger partial charge in [-0.2, -0.15) is 0 Å². The Kier molecular flexibility index (Phi) is 4.92. The summed E-state index contributed by atoms with van der Waals surface area (Å²) < 4.78 is 52.5. The maximum Gasteiger partial charge on any atom is 0.254 e. The van der Waals surface area contributed by atoms with E-state index in [1.807, 2.05) is 0 Å². The van der Waals surface area contributed by atoms with E-state index in [4.69, 9.17) is 0 Å². The summed E-state index contributed by atoms with van der Waals surface area (Å²) in [6, 6.07) is 5.81. The summed E-state index contributed by atoms with van der Waals surface area (Å²) in [6.45, 7) is 0.751. The molecule has 0 saturated carbocycles. The molecule has 0 N–H and O–H groups in total. The largest absolute Gasteiger partial charge is 0.335 e. The molecule has 0 bridgehead atoms. The van der Waals surface area contributed by atoms with Crippen LogP contribution in [0.3, 0.4) is 0 Å². The molecule has 0 spiro atoms. The van der Waals surface area contributed by atoms with Gasteiger partial charge in [0.15, 0.2) is 23.3 Å². The van der Waals surface area contributed by atoms with Crippen LogP contribution < -0.4 is 0 Å². The minimum atomic E-state index is -1.11. The Morgan fingerprint density at radius 1 is 0.615 bits per heavy atom. The van der Waals surface area contributed by atoms with Gasteiger partial charge in [-0.25, -0.2) is 17.6 Å². The van der Waals surface area contributed by atoms with Gasteiger partial charge in [-0.05, 0) is 36.4 Å². The minimum absolute atomic E-state index is 0.0179. The van der Waals surface area contributed by atoms with Gasteiger partial charge in [-0.1, -0.05) is 0 Å². The number of hydrogen-bond donors (Lipinski definition) is 0. The summed E-state index contributed by atoms with van der Waals surface area (Å²) in [4.78, 5) is 27.5. The highest BCUT2D eigenvalue weighted by Gasteiger charge is 2.26. The zero-order valence-electron chi connectivity index (χ0n) is 13.5. The van der Waals surface area contributed by atoms with Crippen molar-refractivity contribution in [3.05, 3.63) is 70.8 Å². The second-order valence-electron chi connectivity index (χ2n) is 5.84. The van der Waals surface area contributed by atoms with Crippen LogP contribution in [0.25, 0.3) is 0 Å². The molecule has 8 heteroatoms. The molecular formula is C18H14F4N2O2. The third-order valence-corrected chi connectivity index (χ3v) is 4.19. The number of amides is 2. The smallest absolute Gasteiger partial charge is 0.254 e. The van der Waals surface area contributed by atoms with Crippen molar-refractivity contribution in [2.75, 3.05) is 26.2 Å². The van der Waals surface area contributed by atoms with Gasteiger partial charge in [0.1, 0.15) is 0 Å². The third kappa shape index (κ3) is 3.54. The van der Waals surface area contributed by atoms with Gasteiger partial charge in [0, 0.05) is 37.3 Å². The monoisotopic (exact) mass is 366 g/mol. The van der Waals surface area contributed by atoms with Crippen LogP contribution in [-0.2, 0) is 0 Å². The Bertz CT molecular complexity index is 793. The number of piperazine rings is 1. The number of carbonyl (C=O) groups excluding carboxylic acids is 2. The van der Waals surface area contributed by atoms with Crippen molar-refractivity contribution in [2.45, 2.75) is 0 Å². The van der Waals surface area contributed by atoms with E-state index in [0.29, 0.717) is 0 Å². The molecule has 0 radical (unpaired) electrons. The molecule has 1 aliphatic heterocycles. The van der Waals surface area contributed by atoms with Gasteiger partial charge in [0.2, 0.25) is 0 Å². The van der Waals surface area contributed by atoms with E-state index in [9.17, 15) is 27.2 Å². The summed E-state index contributed by atoms with van der Waals surface area (Å²) in [7, 11) is 0. The minimum Gasteiger partial charge on any atom is -0.335 e. The first-order chi connectivity index (χ1) is 12.4. The average molecular weight is 366 g/mol. The van der Waals surface area contributed by atoms with Crippen molar-refractivity contribution >= 4 is 11.8 Å². The van der Waals surface area contributed by atoms with Crippen LogP contribution >= 0.6 is 0 Å². The highest BCUT2D eigenvalue weighted by molar-refractivity contribution is 5.96. The van der Waals surface area contributed by atoms with Gasteiger partial charge in [0.25, 0.3) is 11.8 Å². The van der Waals surface area contributed by atoms with Crippen LogP contribution in [0, 0.1) is 23.3 Å². The van der Waals surface area contributed by atoms with E-state index >= 15 is 0 Å². The van der Waals surface area contributed by atoms with Crippen LogP contribution in [0.4, 0.5) is 17.6 Å². The van der Waals surface area contributed by atoms with E-state index in [2.05, 4.69) is 0 Å². The van der Waals surface area contributed by atoms with Crippen molar-refractivity contribution in [3.8, 4) is 0 Å². The molecule has 26 heavy (non-hydrogen) atoms. The zero-order chi connectivity index (χ0) is 18.8. The molecule has 1 heterocycles. The van der Waals surface area contributed by atoms with Crippen LogP contribution in [0.15, 0.2) is 36.4 Å². The molecule has 0 unspecified atom stereocenters. The molecule has 4 nitrogen and oxygen atoms in total. The van der Waals surface area contributed by atoms with Gasteiger partial charge in [0.05, 0.1) is 0 Å². The first-order valence-corrected chi connectivity index (χ1v) is 7.85. The lowest BCUT2D eigenvalue weighted by Gasteiger charge is -2.34. The van der Waals surface area contributed by atoms with E-state index in [0.717, 1.165) is 24.3 Å². The first-order valence-electron chi connectivity index (χ1n) is 7.85. The van der Waals surface area contributed by atoms with Gasteiger partial charge in [-0.15, -0.1) is 0 Å². The van der Waals surface area contributed by atoms with Crippen molar-refractivity contribution in [3.63, 3.8) is 0 Å². The Morgan fingerprint density at radius 2 is 0.962 bits per heavy atom. The van der Waals surface area contributed by atoms with Crippen LogP contribution in [0.1, 0.15) is 20.7 Å². The highest BCUT2D eigenvalue weighted by atomic mass is 19.2. The van der Waals surface area contributed by atoms with Crippen molar-refractivity contribution < 1.29 is 27.2 Å². The standard InChI is InChI=1S/C18H14F4N2O2/c19-13-3-1-11(9-15(13)21)17(25)23-5-7-24(8-6-23)18(26)12-2-4-14(20)16(22)10-12/h1-4,9-10H,5-8H2. The predicted octanol–water partition coefficient (Wildman–Crippen LogP) is 2.84. The van der Waals surface area contributed by atoms with E-state index in [1.165, 1.54) is 21.9 Å². The fourth-order valence-electron chi connectivity index (χ4n) is 2.74. The second-order valence-corrected chi connectivity index (χ2v) is 5.84. The predicted molar refractivity (Wildman–Crippen MR) is 84.5 cm³/mol. The fraction of sp³-hybridized carbons (Fsp3) is 0.222. The summed E-state index contributed by atoms with van der Waals surface area (Å²) in [5.74, 6) is -5.23. The molecule has 0 atom stereocenters. The first kappa shape index (κ1) is 17.9. The fourth-order valence-corrected chi connectivity index (χ4v) is 2.74. The van der Waals surface area contributed by atoms with E-state index < -0.39 is 35.1 Å². The summed E-state index contributed by atoms with van der Waals surface area (Å²) in [6.07, 6.45) is 0. The van der Waals surface area contributed by atoms with Crippen molar-refractivity contribution in [2.24, 2.45) is 0 Å². The molecular weight excluding hydrogens is 352 g/mol. The molecule has 1 aliphatic rings. The third-order valence-electron chi connectivity index (χ3n) is 4.19. The summed E-state index contributed by atoms with van der Waals surface area (Å²) >= 11 is 0. The number of hydrogen-bond acceptors (Lipinski definition) is 2. The molecule has 136 valence electrons. The molecule has 2 aromatic carbocycles. The topological polar surface area (TPSA) is 40.6 Å². The maximum atomic E-state index is 13.3. The molecule has 2 aromatic rings. The van der Waals surface area contributed by atoms with E-state index in [-0.39, 0.29) is 37.3 Å². The quantitative estimate of drug-likeness (QED) is 0.767. The molecule has 0 aromatic heterocycles.